The van der Waals surface area contributed by atoms with Crippen molar-refractivity contribution in [1.29, 1.82) is 0 Å². The summed E-state index contributed by atoms with van der Waals surface area (Å²) in [5.74, 6) is 0.617. The first kappa shape index (κ1) is 26.8. The number of amides is 2. The number of nitrogens with one attached hydrogen (secondary N) is 2. The Bertz CT molecular complexity index is 1200. The fourth-order valence-corrected chi connectivity index (χ4v) is 3.34. The largest absolute Gasteiger partial charge is 0.497 e. The van der Waals surface area contributed by atoms with Crippen molar-refractivity contribution < 1.29 is 28.6 Å². The number of rotatable bonds is 11. The molecule has 0 aliphatic heterocycles. The molecule has 0 spiro atoms. The third-order valence-corrected chi connectivity index (χ3v) is 5.35. The summed E-state index contributed by atoms with van der Waals surface area (Å²) >= 11 is 11.8. The van der Waals surface area contributed by atoms with Crippen LogP contribution in [-0.2, 0) is 19.1 Å². The molecule has 0 saturated heterocycles. The summed E-state index contributed by atoms with van der Waals surface area (Å²) in [5.41, 5.74) is 0.920. The molecule has 3 aromatic rings. The summed E-state index contributed by atoms with van der Waals surface area (Å²) in [6.07, 6.45) is 0.377. The molecular formula is C26H24Cl2N2O6. The van der Waals surface area contributed by atoms with E-state index in [2.05, 4.69) is 10.6 Å². The highest BCUT2D eigenvalue weighted by Crippen LogP contribution is 2.26. The maximum Gasteiger partial charge on any atom is 0.306 e. The molecule has 36 heavy (non-hydrogen) atoms. The normalized spacial score (nSPS) is 10.3. The molecule has 188 valence electrons. The van der Waals surface area contributed by atoms with E-state index in [9.17, 15) is 14.4 Å². The lowest BCUT2D eigenvalue weighted by Gasteiger charge is -2.09. The van der Waals surface area contributed by atoms with Gasteiger partial charge in [0, 0.05) is 23.6 Å². The van der Waals surface area contributed by atoms with Gasteiger partial charge in [0.15, 0.2) is 6.61 Å². The molecule has 0 radical (unpaired) electrons. The Morgan fingerprint density at radius 3 is 2.08 bits per heavy atom. The van der Waals surface area contributed by atoms with Crippen molar-refractivity contribution >= 4 is 52.4 Å². The van der Waals surface area contributed by atoms with Crippen LogP contribution in [0.25, 0.3) is 0 Å². The van der Waals surface area contributed by atoms with Crippen LogP contribution in [0, 0.1) is 0 Å². The van der Waals surface area contributed by atoms with E-state index >= 15 is 0 Å². The number of halogens is 2. The lowest BCUT2D eigenvalue weighted by molar-refractivity contribution is -0.147. The molecule has 0 heterocycles. The van der Waals surface area contributed by atoms with Crippen molar-refractivity contribution in [2.75, 3.05) is 24.4 Å². The van der Waals surface area contributed by atoms with Crippen molar-refractivity contribution in [3.05, 3.63) is 76.8 Å². The first-order chi connectivity index (χ1) is 17.3. The number of benzene rings is 3. The Labute approximate surface area is 218 Å². The van der Waals surface area contributed by atoms with E-state index in [-0.39, 0.29) is 25.2 Å². The third kappa shape index (κ3) is 8.79. The minimum atomic E-state index is -0.588. The fourth-order valence-electron chi connectivity index (χ4n) is 3.00. The molecule has 0 aliphatic rings. The first-order valence-electron chi connectivity index (χ1n) is 10.9. The van der Waals surface area contributed by atoms with Crippen molar-refractivity contribution in [2.45, 2.75) is 19.3 Å². The number of carbonyl (C=O) groups is 3. The van der Waals surface area contributed by atoms with E-state index in [0.717, 1.165) is 5.75 Å². The molecule has 0 aliphatic carbocycles. The second-order valence-electron chi connectivity index (χ2n) is 7.54. The van der Waals surface area contributed by atoms with E-state index in [1.54, 1.807) is 67.8 Å². The highest BCUT2D eigenvalue weighted by molar-refractivity contribution is 6.35. The fraction of sp³-hybridized carbons (Fsp3) is 0.192. The van der Waals surface area contributed by atoms with Gasteiger partial charge in [-0.3, -0.25) is 14.4 Å². The van der Waals surface area contributed by atoms with Gasteiger partial charge < -0.3 is 24.8 Å². The van der Waals surface area contributed by atoms with E-state index in [1.165, 1.54) is 6.07 Å². The molecule has 0 saturated carbocycles. The van der Waals surface area contributed by atoms with Gasteiger partial charge in [-0.1, -0.05) is 23.2 Å². The van der Waals surface area contributed by atoms with Gasteiger partial charge in [0.1, 0.15) is 17.2 Å². The number of methoxy groups -OCH3 is 1. The minimum absolute atomic E-state index is 0.00669. The lowest BCUT2D eigenvalue weighted by Crippen LogP contribution is -2.21. The Balaban J connectivity index is 1.34. The van der Waals surface area contributed by atoms with Crippen LogP contribution >= 0.6 is 23.2 Å². The number of ether oxygens (including phenoxy) is 3. The number of carbonyl (C=O) groups excluding carboxylic acids is 3. The molecule has 0 unspecified atom stereocenters. The van der Waals surface area contributed by atoms with Crippen molar-refractivity contribution in [3.8, 4) is 17.2 Å². The van der Waals surface area contributed by atoms with Crippen molar-refractivity contribution in [2.24, 2.45) is 0 Å². The van der Waals surface area contributed by atoms with Crippen molar-refractivity contribution in [1.82, 2.24) is 0 Å². The SMILES string of the molecule is COc1ccc(Oc2ccc(NC(=O)CCCC(=O)OCC(=O)Nc3cc(Cl)ccc3Cl)cc2)cc1. The minimum Gasteiger partial charge on any atom is -0.497 e. The smallest absolute Gasteiger partial charge is 0.306 e. The second-order valence-corrected chi connectivity index (χ2v) is 8.38. The lowest BCUT2D eigenvalue weighted by atomic mass is 10.2. The molecule has 8 nitrogen and oxygen atoms in total. The Hall–Kier alpha value is -3.75. The van der Waals surface area contributed by atoms with E-state index in [0.29, 0.717) is 32.9 Å². The molecular weight excluding hydrogens is 507 g/mol. The number of hydrogen-bond donors (Lipinski definition) is 2. The molecule has 3 aromatic carbocycles. The Morgan fingerprint density at radius 2 is 1.42 bits per heavy atom. The summed E-state index contributed by atoms with van der Waals surface area (Å²) in [6.45, 7) is -0.473. The van der Waals surface area contributed by atoms with Crippen LogP contribution in [0.15, 0.2) is 66.7 Å². The summed E-state index contributed by atoms with van der Waals surface area (Å²) in [6, 6.07) is 18.7. The quantitative estimate of drug-likeness (QED) is 0.291. The zero-order valence-corrected chi connectivity index (χ0v) is 20.9. The van der Waals surface area contributed by atoms with Crippen LogP contribution in [0.2, 0.25) is 10.0 Å². The van der Waals surface area contributed by atoms with E-state index in [1.807, 2.05) is 0 Å². The van der Waals surface area contributed by atoms with Gasteiger partial charge in [0.05, 0.1) is 17.8 Å². The summed E-state index contributed by atoms with van der Waals surface area (Å²) in [5, 5.41) is 5.99. The molecule has 2 amide bonds. The Morgan fingerprint density at radius 1 is 0.778 bits per heavy atom. The number of anilines is 2. The predicted octanol–water partition coefficient (Wildman–Crippen LogP) is 6.09. The van der Waals surface area contributed by atoms with Crippen LogP contribution < -0.4 is 20.1 Å². The molecule has 3 rings (SSSR count). The van der Waals surface area contributed by atoms with Gasteiger partial charge in [-0.15, -0.1) is 0 Å². The highest BCUT2D eigenvalue weighted by atomic mass is 35.5. The molecule has 0 aromatic heterocycles. The van der Waals surface area contributed by atoms with Crippen LogP contribution in [0.4, 0.5) is 11.4 Å². The van der Waals surface area contributed by atoms with Crippen LogP contribution in [-0.4, -0.2) is 31.5 Å². The van der Waals surface area contributed by atoms with Gasteiger partial charge in [-0.25, -0.2) is 0 Å². The summed E-state index contributed by atoms with van der Waals surface area (Å²) in [4.78, 5) is 36.0. The monoisotopic (exact) mass is 530 g/mol. The average molecular weight is 531 g/mol. The van der Waals surface area contributed by atoms with Gasteiger partial charge in [-0.2, -0.15) is 0 Å². The average Bonchev–Trinajstić information content (AvgIpc) is 2.86. The molecule has 0 bridgehead atoms. The third-order valence-electron chi connectivity index (χ3n) is 4.78. The van der Waals surface area contributed by atoms with E-state index in [4.69, 9.17) is 37.4 Å². The zero-order valence-electron chi connectivity index (χ0n) is 19.4. The summed E-state index contributed by atoms with van der Waals surface area (Å²) in [7, 11) is 1.59. The highest BCUT2D eigenvalue weighted by Gasteiger charge is 2.11. The number of esters is 1. The van der Waals surface area contributed by atoms with E-state index < -0.39 is 18.5 Å². The molecule has 0 fully saturated rings. The second kappa shape index (κ2) is 13.4. The number of hydrogen-bond acceptors (Lipinski definition) is 6. The molecule has 2 N–H and O–H groups in total. The van der Waals surface area contributed by atoms with Crippen LogP contribution in [0.1, 0.15) is 19.3 Å². The van der Waals surface area contributed by atoms with Gasteiger partial charge in [0.25, 0.3) is 5.91 Å². The maximum absolute atomic E-state index is 12.2. The van der Waals surface area contributed by atoms with Crippen LogP contribution in [0.3, 0.4) is 0 Å². The molecule has 10 heteroatoms. The van der Waals surface area contributed by atoms with Crippen molar-refractivity contribution in [3.63, 3.8) is 0 Å². The van der Waals surface area contributed by atoms with Gasteiger partial charge in [0.2, 0.25) is 5.91 Å². The van der Waals surface area contributed by atoms with Gasteiger partial charge >= 0.3 is 5.97 Å². The van der Waals surface area contributed by atoms with Crippen LogP contribution in [0.5, 0.6) is 17.2 Å². The topological polar surface area (TPSA) is 103 Å². The predicted molar refractivity (Wildman–Crippen MR) is 138 cm³/mol. The standard InChI is InChI=1S/C26H24Cl2N2O6/c1-34-19-10-12-21(13-11-19)36-20-8-6-18(7-9-20)29-24(31)3-2-4-26(33)35-16-25(32)30-23-15-17(27)5-14-22(23)28/h5-15H,2-4,16H2,1H3,(H,29,31)(H,30,32). The molecule has 0 atom stereocenters. The summed E-state index contributed by atoms with van der Waals surface area (Å²) < 4.78 is 15.8. The first-order valence-corrected chi connectivity index (χ1v) is 11.7. The Kier molecular flexibility index (Phi) is 9.97. The maximum atomic E-state index is 12.2. The van der Waals surface area contributed by atoms with Gasteiger partial charge in [-0.05, 0) is 73.2 Å². The zero-order chi connectivity index (χ0) is 25.9.